The summed E-state index contributed by atoms with van der Waals surface area (Å²) < 4.78 is 1.15. The van der Waals surface area contributed by atoms with Crippen LogP contribution in [0.25, 0.3) is 10.1 Å². The number of benzene rings is 1. The number of thiophene rings is 1. The summed E-state index contributed by atoms with van der Waals surface area (Å²) in [6.07, 6.45) is 0.278. The van der Waals surface area contributed by atoms with Gasteiger partial charge in [-0.15, -0.1) is 11.3 Å². The topological polar surface area (TPSA) is 66.4 Å². The number of nitrogens with one attached hydrogen (secondary N) is 1. The van der Waals surface area contributed by atoms with Crippen molar-refractivity contribution in [1.29, 1.82) is 0 Å². The van der Waals surface area contributed by atoms with Crippen LogP contribution in [0.1, 0.15) is 19.4 Å². The predicted molar refractivity (Wildman–Crippen MR) is 79.9 cm³/mol. The van der Waals surface area contributed by atoms with Crippen molar-refractivity contribution in [1.82, 2.24) is 5.32 Å². The van der Waals surface area contributed by atoms with Gasteiger partial charge < -0.3 is 10.4 Å². The number of hydrogen-bond donors (Lipinski definition) is 2. The second-order valence-corrected chi connectivity index (χ2v) is 5.83. The first-order chi connectivity index (χ1) is 9.49. The highest BCUT2D eigenvalue weighted by molar-refractivity contribution is 7.17. The maximum absolute atomic E-state index is 12.0. The van der Waals surface area contributed by atoms with E-state index in [2.05, 4.69) is 5.32 Å². The SMILES string of the molecule is CC(NC(=O)Cc1csc2ccccc12)C(C)C(=O)O. The Balaban J connectivity index is 2.03. The van der Waals surface area contributed by atoms with Gasteiger partial charge in [-0.25, -0.2) is 0 Å². The standard InChI is InChI=1S/C15H17NO3S/c1-9(15(18)19)10(2)16-14(17)7-11-8-20-13-6-4-3-5-12(11)13/h3-6,8-10H,7H2,1-2H3,(H,16,17)(H,18,19). The Hall–Kier alpha value is -1.88. The Bertz CT molecular complexity index is 635. The van der Waals surface area contributed by atoms with Crippen molar-refractivity contribution < 1.29 is 14.7 Å². The maximum atomic E-state index is 12.0. The van der Waals surface area contributed by atoms with Gasteiger partial charge in [0.25, 0.3) is 0 Å². The predicted octanol–water partition coefficient (Wildman–Crippen LogP) is 2.67. The molecule has 2 unspecified atom stereocenters. The van der Waals surface area contributed by atoms with Gasteiger partial charge in [0.1, 0.15) is 0 Å². The molecule has 2 aromatic rings. The number of carboxylic acids is 1. The molecular formula is C15H17NO3S. The van der Waals surface area contributed by atoms with Crippen molar-refractivity contribution in [2.24, 2.45) is 5.92 Å². The van der Waals surface area contributed by atoms with Crippen LogP contribution < -0.4 is 5.32 Å². The van der Waals surface area contributed by atoms with Gasteiger partial charge in [-0.3, -0.25) is 9.59 Å². The first kappa shape index (κ1) is 14.5. The van der Waals surface area contributed by atoms with E-state index in [1.165, 1.54) is 0 Å². The molecule has 0 aliphatic carbocycles. The lowest BCUT2D eigenvalue weighted by molar-refractivity contribution is -0.142. The van der Waals surface area contributed by atoms with Crippen LogP contribution in [0.3, 0.4) is 0 Å². The highest BCUT2D eigenvalue weighted by atomic mass is 32.1. The lowest BCUT2D eigenvalue weighted by Crippen LogP contribution is -2.40. The van der Waals surface area contributed by atoms with E-state index in [-0.39, 0.29) is 18.4 Å². The number of hydrogen-bond acceptors (Lipinski definition) is 3. The lowest BCUT2D eigenvalue weighted by Gasteiger charge is -2.17. The van der Waals surface area contributed by atoms with Crippen LogP contribution in [-0.4, -0.2) is 23.0 Å². The van der Waals surface area contributed by atoms with Crippen molar-refractivity contribution in [2.45, 2.75) is 26.3 Å². The molecule has 2 atom stereocenters. The molecule has 1 heterocycles. The quantitative estimate of drug-likeness (QED) is 0.890. The Labute approximate surface area is 121 Å². The zero-order valence-corrected chi connectivity index (χ0v) is 12.2. The summed E-state index contributed by atoms with van der Waals surface area (Å²) in [6, 6.07) is 7.56. The van der Waals surface area contributed by atoms with Crippen molar-refractivity contribution >= 4 is 33.3 Å². The third-order valence-corrected chi connectivity index (χ3v) is 4.45. The Morgan fingerprint density at radius 1 is 1.30 bits per heavy atom. The van der Waals surface area contributed by atoms with E-state index in [1.807, 2.05) is 29.6 Å². The van der Waals surface area contributed by atoms with Crippen LogP contribution in [-0.2, 0) is 16.0 Å². The normalized spacial score (nSPS) is 13.9. The minimum Gasteiger partial charge on any atom is -0.481 e. The largest absolute Gasteiger partial charge is 0.481 e. The molecule has 5 heteroatoms. The summed E-state index contributed by atoms with van der Waals surface area (Å²) in [5.41, 5.74) is 0.985. The van der Waals surface area contributed by atoms with E-state index in [1.54, 1.807) is 25.2 Å². The van der Waals surface area contributed by atoms with Crippen LogP contribution in [0.2, 0.25) is 0 Å². The van der Waals surface area contributed by atoms with Crippen LogP contribution in [0.15, 0.2) is 29.6 Å². The van der Waals surface area contributed by atoms with E-state index in [4.69, 9.17) is 5.11 Å². The molecule has 106 valence electrons. The Morgan fingerprint density at radius 2 is 2.00 bits per heavy atom. The van der Waals surface area contributed by atoms with Crippen LogP contribution in [0.5, 0.6) is 0 Å². The number of amides is 1. The molecule has 20 heavy (non-hydrogen) atoms. The number of rotatable bonds is 5. The van der Waals surface area contributed by atoms with Gasteiger partial charge in [-0.05, 0) is 36.2 Å². The van der Waals surface area contributed by atoms with E-state index in [0.29, 0.717) is 0 Å². The number of aliphatic carboxylic acids is 1. The molecule has 2 rings (SSSR count). The third-order valence-electron chi connectivity index (χ3n) is 3.44. The summed E-state index contributed by atoms with van der Waals surface area (Å²) in [4.78, 5) is 22.9. The fraction of sp³-hybridized carbons (Fsp3) is 0.333. The Kier molecular flexibility index (Phi) is 4.39. The first-order valence-corrected chi connectivity index (χ1v) is 7.34. The summed E-state index contributed by atoms with van der Waals surface area (Å²) in [6.45, 7) is 3.30. The van der Waals surface area contributed by atoms with Gasteiger partial charge in [0, 0.05) is 10.7 Å². The molecule has 0 aliphatic heterocycles. The van der Waals surface area contributed by atoms with Crippen molar-refractivity contribution in [3.05, 3.63) is 35.2 Å². The highest BCUT2D eigenvalue weighted by Gasteiger charge is 2.21. The monoisotopic (exact) mass is 291 g/mol. The lowest BCUT2D eigenvalue weighted by atomic mass is 10.0. The van der Waals surface area contributed by atoms with Gasteiger partial charge in [-0.1, -0.05) is 18.2 Å². The molecule has 0 spiro atoms. The number of carbonyl (C=O) groups is 2. The van der Waals surface area contributed by atoms with E-state index < -0.39 is 11.9 Å². The number of carbonyl (C=O) groups excluding carboxylic acids is 1. The van der Waals surface area contributed by atoms with Crippen molar-refractivity contribution in [3.63, 3.8) is 0 Å². The molecule has 0 bridgehead atoms. The van der Waals surface area contributed by atoms with Crippen LogP contribution >= 0.6 is 11.3 Å². The molecule has 4 nitrogen and oxygen atoms in total. The third kappa shape index (κ3) is 3.17. The molecule has 0 fully saturated rings. The van der Waals surface area contributed by atoms with Gasteiger partial charge in [0.15, 0.2) is 0 Å². The second kappa shape index (κ2) is 6.05. The zero-order chi connectivity index (χ0) is 14.7. The van der Waals surface area contributed by atoms with E-state index >= 15 is 0 Å². The minimum atomic E-state index is -0.904. The second-order valence-electron chi connectivity index (χ2n) is 4.92. The van der Waals surface area contributed by atoms with Gasteiger partial charge in [0.05, 0.1) is 12.3 Å². The smallest absolute Gasteiger partial charge is 0.308 e. The molecule has 1 amide bonds. The van der Waals surface area contributed by atoms with Crippen LogP contribution in [0, 0.1) is 5.92 Å². The van der Waals surface area contributed by atoms with Gasteiger partial charge in [-0.2, -0.15) is 0 Å². The fourth-order valence-corrected chi connectivity index (χ4v) is 2.95. The molecule has 0 saturated heterocycles. The van der Waals surface area contributed by atoms with Crippen molar-refractivity contribution in [3.8, 4) is 0 Å². The fourth-order valence-electron chi connectivity index (χ4n) is 1.99. The Morgan fingerprint density at radius 3 is 2.70 bits per heavy atom. The molecule has 0 radical (unpaired) electrons. The highest BCUT2D eigenvalue weighted by Crippen LogP contribution is 2.25. The van der Waals surface area contributed by atoms with Crippen LogP contribution in [0.4, 0.5) is 0 Å². The zero-order valence-electron chi connectivity index (χ0n) is 11.4. The summed E-state index contributed by atoms with van der Waals surface area (Å²) in [7, 11) is 0. The van der Waals surface area contributed by atoms with E-state index in [9.17, 15) is 9.59 Å². The molecule has 0 saturated carbocycles. The average Bonchev–Trinajstić information content (AvgIpc) is 2.81. The first-order valence-electron chi connectivity index (χ1n) is 6.46. The minimum absolute atomic E-state index is 0.144. The van der Waals surface area contributed by atoms with E-state index in [0.717, 1.165) is 15.6 Å². The van der Waals surface area contributed by atoms with Gasteiger partial charge >= 0.3 is 5.97 Å². The maximum Gasteiger partial charge on any atom is 0.308 e. The number of fused-ring (bicyclic) bond motifs is 1. The molecule has 1 aromatic carbocycles. The van der Waals surface area contributed by atoms with Gasteiger partial charge in [0.2, 0.25) is 5.91 Å². The summed E-state index contributed by atoms with van der Waals surface area (Å²) in [5.74, 6) is -1.65. The average molecular weight is 291 g/mol. The molecule has 1 aromatic heterocycles. The summed E-state index contributed by atoms with van der Waals surface area (Å²) in [5, 5.41) is 14.7. The van der Waals surface area contributed by atoms with Crippen molar-refractivity contribution in [2.75, 3.05) is 0 Å². The molecule has 0 aliphatic rings. The molecule has 2 N–H and O–H groups in total. The number of carboxylic acid groups (broad SMARTS) is 1. The summed E-state index contributed by atoms with van der Waals surface area (Å²) >= 11 is 1.61. The molecular weight excluding hydrogens is 274 g/mol.